The van der Waals surface area contributed by atoms with Gasteiger partial charge in [-0.15, -0.1) is 5.10 Å². The largest absolute Gasteiger partial charge is 0.273 e. The van der Waals surface area contributed by atoms with Crippen LogP contribution < -0.4 is 4.90 Å². The highest BCUT2D eigenvalue weighted by Crippen LogP contribution is 2.33. The molecule has 0 saturated carbocycles. The number of thioether (sulfide) groups is 1. The monoisotopic (exact) mass is 351 g/mol. The van der Waals surface area contributed by atoms with Gasteiger partial charge in [-0.25, -0.2) is 0 Å². The van der Waals surface area contributed by atoms with E-state index in [1.54, 1.807) is 4.90 Å². The minimum Gasteiger partial charge on any atom is -0.273 e. The second-order valence-corrected chi connectivity index (χ2v) is 7.13. The summed E-state index contributed by atoms with van der Waals surface area (Å²) in [6, 6.07) is 17.8. The van der Waals surface area contributed by atoms with Crippen LogP contribution >= 0.6 is 11.8 Å². The molecular weight excluding hydrogens is 330 g/mol. The smallest absolute Gasteiger partial charge is 0.246 e. The van der Waals surface area contributed by atoms with Gasteiger partial charge in [0.05, 0.1) is 16.6 Å². The lowest BCUT2D eigenvalue weighted by atomic mass is 10.1. The van der Waals surface area contributed by atoms with Gasteiger partial charge < -0.3 is 0 Å². The summed E-state index contributed by atoms with van der Waals surface area (Å²) in [5.74, 6) is 0.0719. The summed E-state index contributed by atoms with van der Waals surface area (Å²) in [6.07, 6.45) is 0.770. The summed E-state index contributed by atoms with van der Waals surface area (Å²) < 4.78 is 0. The molecule has 5 heteroatoms. The first-order valence-corrected chi connectivity index (χ1v) is 9.23. The standard InChI is InChI=1S/C20H21N3OS/c1-4-18-19(24)23(17-12-10-14(2)11-13-17)20(25-18)22-21-15(3)16-8-6-5-7-9-16/h5-13,18H,4H2,1-3H3/b21-15+,22-20+/t18-/m0/s1. The van der Waals surface area contributed by atoms with Gasteiger partial charge in [-0.05, 0) is 38.0 Å². The summed E-state index contributed by atoms with van der Waals surface area (Å²) in [5.41, 5.74) is 3.84. The quantitative estimate of drug-likeness (QED) is 0.595. The van der Waals surface area contributed by atoms with Gasteiger partial charge in [-0.1, -0.05) is 66.7 Å². The highest BCUT2D eigenvalue weighted by atomic mass is 32.2. The molecule has 1 heterocycles. The van der Waals surface area contributed by atoms with Crippen LogP contribution in [0.4, 0.5) is 5.69 Å². The van der Waals surface area contributed by atoms with Gasteiger partial charge in [-0.2, -0.15) is 5.10 Å². The van der Waals surface area contributed by atoms with Gasteiger partial charge in [0.25, 0.3) is 0 Å². The summed E-state index contributed by atoms with van der Waals surface area (Å²) in [7, 11) is 0. The molecule has 1 fully saturated rings. The molecule has 0 aliphatic carbocycles. The third kappa shape index (κ3) is 3.82. The Kier molecular flexibility index (Phi) is 5.34. The maximum atomic E-state index is 12.7. The number of rotatable bonds is 4. The van der Waals surface area contributed by atoms with Gasteiger partial charge in [0.15, 0.2) is 5.17 Å². The topological polar surface area (TPSA) is 45.0 Å². The molecule has 1 aliphatic rings. The molecule has 1 aliphatic heterocycles. The minimum absolute atomic E-state index is 0.0719. The van der Waals surface area contributed by atoms with Crippen molar-refractivity contribution in [1.29, 1.82) is 0 Å². The molecule has 0 aromatic heterocycles. The Hall–Kier alpha value is -2.40. The lowest BCUT2D eigenvalue weighted by Gasteiger charge is -2.16. The third-order valence-corrected chi connectivity index (χ3v) is 5.37. The van der Waals surface area contributed by atoms with Crippen molar-refractivity contribution in [2.45, 2.75) is 32.4 Å². The Morgan fingerprint density at radius 2 is 1.80 bits per heavy atom. The Morgan fingerprint density at radius 1 is 1.12 bits per heavy atom. The Balaban J connectivity index is 1.94. The van der Waals surface area contributed by atoms with Crippen molar-refractivity contribution < 1.29 is 4.79 Å². The predicted molar refractivity (Wildman–Crippen MR) is 106 cm³/mol. The van der Waals surface area contributed by atoms with Crippen molar-refractivity contribution in [1.82, 2.24) is 0 Å². The number of amidine groups is 1. The number of carbonyl (C=O) groups is 1. The molecule has 2 aromatic rings. The van der Waals surface area contributed by atoms with E-state index >= 15 is 0 Å². The normalized spacial score (nSPS) is 19.7. The zero-order chi connectivity index (χ0) is 17.8. The summed E-state index contributed by atoms with van der Waals surface area (Å²) in [5, 5.41) is 9.29. The van der Waals surface area contributed by atoms with Gasteiger partial charge >= 0.3 is 0 Å². The number of aryl methyl sites for hydroxylation is 1. The first-order chi connectivity index (χ1) is 12.1. The maximum Gasteiger partial charge on any atom is 0.246 e. The van der Waals surface area contributed by atoms with E-state index in [0.717, 1.165) is 28.9 Å². The fourth-order valence-corrected chi connectivity index (χ4v) is 3.60. The molecule has 0 unspecified atom stereocenters. The van der Waals surface area contributed by atoms with Crippen molar-refractivity contribution in [2.75, 3.05) is 4.90 Å². The van der Waals surface area contributed by atoms with Crippen molar-refractivity contribution in [2.24, 2.45) is 10.2 Å². The number of benzene rings is 2. The van der Waals surface area contributed by atoms with Crippen LogP contribution in [0.5, 0.6) is 0 Å². The van der Waals surface area contributed by atoms with E-state index in [2.05, 4.69) is 10.2 Å². The molecule has 2 aromatic carbocycles. The van der Waals surface area contributed by atoms with Gasteiger partial charge in [0.2, 0.25) is 5.91 Å². The van der Waals surface area contributed by atoms with Crippen LogP contribution in [0.1, 0.15) is 31.4 Å². The van der Waals surface area contributed by atoms with E-state index in [1.807, 2.05) is 75.4 Å². The second kappa shape index (κ2) is 7.66. The molecule has 128 valence electrons. The van der Waals surface area contributed by atoms with Gasteiger partial charge in [-0.3, -0.25) is 9.69 Å². The fourth-order valence-electron chi connectivity index (χ4n) is 2.58. The first-order valence-electron chi connectivity index (χ1n) is 8.35. The van der Waals surface area contributed by atoms with Gasteiger partial charge in [0.1, 0.15) is 0 Å². The zero-order valence-electron chi connectivity index (χ0n) is 14.6. The van der Waals surface area contributed by atoms with Crippen molar-refractivity contribution in [3.05, 3.63) is 65.7 Å². The molecule has 0 bridgehead atoms. The number of anilines is 1. The fraction of sp³-hybridized carbons (Fsp3) is 0.250. The molecule has 0 N–H and O–H groups in total. The van der Waals surface area contributed by atoms with E-state index in [9.17, 15) is 4.79 Å². The average Bonchev–Trinajstić information content (AvgIpc) is 2.97. The summed E-state index contributed by atoms with van der Waals surface area (Å²) >= 11 is 1.48. The molecule has 4 nitrogen and oxygen atoms in total. The van der Waals surface area contributed by atoms with Crippen LogP contribution in [0, 0.1) is 6.92 Å². The number of hydrogen-bond donors (Lipinski definition) is 0. The SMILES string of the molecule is CC[C@@H]1S/C(=N/N=C(\C)c2ccccc2)N(c2ccc(C)cc2)C1=O. The van der Waals surface area contributed by atoms with Crippen LogP contribution in [-0.2, 0) is 4.79 Å². The van der Waals surface area contributed by atoms with Crippen LogP contribution in [0.25, 0.3) is 0 Å². The highest BCUT2D eigenvalue weighted by molar-refractivity contribution is 8.16. The minimum atomic E-state index is -0.104. The summed E-state index contributed by atoms with van der Waals surface area (Å²) in [4.78, 5) is 14.4. The first kappa shape index (κ1) is 17.4. The Labute approximate surface area is 152 Å². The van der Waals surface area contributed by atoms with Crippen molar-refractivity contribution >= 4 is 34.2 Å². The van der Waals surface area contributed by atoms with Crippen LogP contribution in [0.3, 0.4) is 0 Å². The number of nitrogens with zero attached hydrogens (tertiary/aromatic N) is 3. The summed E-state index contributed by atoms with van der Waals surface area (Å²) in [6.45, 7) is 5.97. The molecule has 0 radical (unpaired) electrons. The van der Waals surface area contributed by atoms with E-state index in [-0.39, 0.29) is 11.2 Å². The van der Waals surface area contributed by atoms with Crippen LogP contribution in [0.2, 0.25) is 0 Å². The van der Waals surface area contributed by atoms with Gasteiger partial charge in [0, 0.05) is 0 Å². The average molecular weight is 351 g/mol. The Bertz CT molecular complexity index is 813. The van der Waals surface area contributed by atoms with E-state index in [1.165, 1.54) is 11.8 Å². The zero-order valence-corrected chi connectivity index (χ0v) is 15.5. The lowest BCUT2D eigenvalue weighted by Crippen LogP contribution is -2.31. The lowest BCUT2D eigenvalue weighted by molar-refractivity contribution is -0.116. The van der Waals surface area contributed by atoms with Crippen molar-refractivity contribution in [3.8, 4) is 0 Å². The number of amides is 1. The molecule has 1 atom stereocenters. The number of carbonyl (C=O) groups excluding carboxylic acids is 1. The molecule has 0 spiro atoms. The van der Waals surface area contributed by atoms with E-state index < -0.39 is 0 Å². The predicted octanol–water partition coefficient (Wildman–Crippen LogP) is 4.63. The number of hydrogen-bond acceptors (Lipinski definition) is 4. The second-order valence-electron chi connectivity index (χ2n) is 5.96. The van der Waals surface area contributed by atoms with Crippen LogP contribution in [-0.4, -0.2) is 22.0 Å². The maximum absolute atomic E-state index is 12.7. The Morgan fingerprint density at radius 3 is 2.44 bits per heavy atom. The molecular formula is C20H21N3OS. The van der Waals surface area contributed by atoms with Crippen LogP contribution in [0.15, 0.2) is 64.8 Å². The molecule has 3 rings (SSSR count). The van der Waals surface area contributed by atoms with Crippen molar-refractivity contribution in [3.63, 3.8) is 0 Å². The van der Waals surface area contributed by atoms with E-state index in [4.69, 9.17) is 0 Å². The van der Waals surface area contributed by atoms with E-state index in [0.29, 0.717) is 5.17 Å². The molecule has 1 amide bonds. The highest BCUT2D eigenvalue weighted by Gasteiger charge is 2.38. The molecule has 25 heavy (non-hydrogen) atoms. The molecule has 1 saturated heterocycles. The third-order valence-electron chi connectivity index (χ3n) is 4.07.